The predicted octanol–water partition coefficient (Wildman–Crippen LogP) is 2.29. The summed E-state index contributed by atoms with van der Waals surface area (Å²) in [6, 6.07) is 15.4. The fraction of sp³-hybridized carbons (Fsp3) is 0.235. The van der Waals surface area contributed by atoms with E-state index in [9.17, 15) is 9.90 Å². The summed E-state index contributed by atoms with van der Waals surface area (Å²) in [5, 5.41) is 9.36. The largest absolute Gasteiger partial charge is 0.478 e. The molecule has 0 aliphatic carbocycles. The smallest absolute Gasteiger partial charge is 0.337 e. The molecule has 5 nitrogen and oxygen atoms in total. The summed E-state index contributed by atoms with van der Waals surface area (Å²) < 4.78 is 0. The molecule has 3 rings (SSSR count). The summed E-state index contributed by atoms with van der Waals surface area (Å²) in [5.74, 6) is -0.937. The van der Waals surface area contributed by atoms with Crippen molar-refractivity contribution in [2.75, 3.05) is 41.7 Å². The van der Waals surface area contributed by atoms with Gasteiger partial charge in [-0.05, 0) is 30.3 Å². The third kappa shape index (κ3) is 2.83. The van der Waals surface area contributed by atoms with Crippen LogP contribution in [0, 0.1) is 0 Å². The Kier molecular flexibility index (Phi) is 3.87. The Morgan fingerprint density at radius 2 is 1.59 bits per heavy atom. The van der Waals surface area contributed by atoms with Crippen molar-refractivity contribution in [1.29, 1.82) is 0 Å². The molecule has 3 N–H and O–H groups in total. The third-order valence-corrected chi connectivity index (χ3v) is 3.99. The number of hydrogen-bond acceptors (Lipinski definition) is 4. The lowest BCUT2D eigenvalue weighted by molar-refractivity contribution is 0.0697. The molecule has 0 unspecified atom stereocenters. The molecule has 22 heavy (non-hydrogen) atoms. The van der Waals surface area contributed by atoms with Gasteiger partial charge in [0.1, 0.15) is 0 Å². The summed E-state index contributed by atoms with van der Waals surface area (Å²) in [6.45, 7) is 3.32. The van der Waals surface area contributed by atoms with Gasteiger partial charge in [0.15, 0.2) is 0 Å². The van der Waals surface area contributed by atoms with Crippen molar-refractivity contribution in [3.63, 3.8) is 0 Å². The van der Waals surface area contributed by atoms with Gasteiger partial charge in [-0.1, -0.05) is 18.2 Å². The SMILES string of the molecule is Nc1ccc(N2CCN(c3ccccc3)CC2)c(C(=O)O)c1. The van der Waals surface area contributed by atoms with Crippen molar-refractivity contribution >= 4 is 23.0 Å². The number of carboxylic acids is 1. The van der Waals surface area contributed by atoms with E-state index in [1.807, 2.05) is 18.2 Å². The molecule has 1 fully saturated rings. The minimum absolute atomic E-state index is 0.271. The Morgan fingerprint density at radius 3 is 2.23 bits per heavy atom. The monoisotopic (exact) mass is 297 g/mol. The Hall–Kier alpha value is -2.69. The predicted molar refractivity (Wildman–Crippen MR) is 88.7 cm³/mol. The second-order valence-corrected chi connectivity index (χ2v) is 5.39. The minimum atomic E-state index is -0.937. The summed E-state index contributed by atoms with van der Waals surface area (Å²) in [6.07, 6.45) is 0. The number of carboxylic acid groups (broad SMARTS) is 1. The Labute approximate surface area is 129 Å². The van der Waals surface area contributed by atoms with Crippen molar-refractivity contribution in [1.82, 2.24) is 0 Å². The normalized spacial score (nSPS) is 14.9. The fourth-order valence-electron chi connectivity index (χ4n) is 2.85. The van der Waals surface area contributed by atoms with Crippen LogP contribution in [0.3, 0.4) is 0 Å². The molecule has 0 saturated carbocycles. The zero-order chi connectivity index (χ0) is 15.5. The number of piperazine rings is 1. The van der Waals surface area contributed by atoms with E-state index in [4.69, 9.17) is 5.73 Å². The molecule has 0 atom stereocenters. The van der Waals surface area contributed by atoms with Gasteiger partial charge in [0.05, 0.1) is 11.3 Å². The van der Waals surface area contributed by atoms with E-state index in [0.29, 0.717) is 5.69 Å². The zero-order valence-corrected chi connectivity index (χ0v) is 12.3. The van der Waals surface area contributed by atoms with Gasteiger partial charge in [-0.15, -0.1) is 0 Å². The van der Waals surface area contributed by atoms with Crippen LogP contribution in [0.25, 0.3) is 0 Å². The molecule has 1 aliphatic heterocycles. The maximum atomic E-state index is 11.4. The molecule has 1 aliphatic rings. The van der Waals surface area contributed by atoms with Gasteiger partial charge in [-0.2, -0.15) is 0 Å². The molecule has 0 spiro atoms. The number of nitrogen functional groups attached to an aromatic ring is 1. The molecule has 0 aromatic heterocycles. The molecule has 1 heterocycles. The zero-order valence-electron chi connectivity index (χ0n) is 12.3. The number of rotatable bonds is 3. The molecular formula is C17H19N3O2. The number of hydrogen-bond donors (Lipinski definition) is 2. The molecule has 5 heteroatoms. The molecule has 0 bridgehead atoms. The number of nitrogens with two attached hydrogens (primary N) is 1. The van der Waals surface area contributed by atoms with Crippen LogP contribution in [-0.4, -0.2) is 37.3 Å². The molecule has 0 radical (unpaired) electrons. The number of anilines is 3. The van der Waals surface area contributed by atoms with Crippen LogP contribution in [0.2, 0.25) is 0 Å². The van der Waals surface area contributed by atoms with Gasteiger partial charge in [-0.3, -0.25) is 0 Å². The maximum Gasteiger partial charge on any atom is 0.337 e. The highest BCUT2D eigenvalue weighted by Gasteiger charge is 2.21. The quantitative estimate of drug-likeness (QED) is 0.851. The maximum absolute atomic E-state index is 11.4. The first-order valence-electron chi connectivity index (χ1n) is 7.33. The van der Waals surface area contributed by atoms with E-state index in [2.05, 4.69) is 21.9 Å². The lowest BCUT2D eigenvalue weighted by atomic mass is 10.1. The first-order valence-corrected chi connectivity index (χ1v) is 7.33. The average molecular weight is 297 g/mol. The Bertz CT molecular complexity index is 665. The lowest BCUT2D eigenvalue weighted by Gasteiger charge is -2.37. The molecular weight excluding hydrogens is 278 g/mol. The number of nitrogens with zero attached hydrogens (tertiary/aromatic N) is 2. The number of para-hydroxylation sites is 1. The summed E-state index contributed by atoms with van der Waals surface area (Å²) in [4.78, 5) is 15.8. The van der Waals surface area contributed by atoms with E-state index in [0.717, 1.165) is 31.9 Å². The minimum Gasteiger partial charge on any atom is -0.478 e. The Balaban J connectivity index is 1.76. The second-order valence-electron chi connectivity index (χ2n) is 5.39. The standard InChI is InChI=1S/C17H19N3O2/c18-13-6-7-16(15(12-13)17(21)22)20-10-8-19(9-11-20)14-4-2-1-3-5-14/h1-7,12H,8-11,18H2,(H,21,22). The van der Waals surface area contributed by atoms with Crippen molar-refractivity contribution in [2.45, 2.75) is 0 Å². The second kappa shape index (κ2) is 5.97. The Morgan fingerprint density at radius 1 is 0.955 bits per heavy atom. The van der Waals surface area contributed by atoms with Crippen LogP contribution >= 0.6 is 0 Å². The van der Waals surface area contributed by atoms with Crippen molar-refractivity contribution in [2.24, 2.45) is 0 Å². The summed E-state index contributed by atoms with van der Waals surface area (Å²) >= 11 is 0. The van der Waals surface area contributed by atoms with Gasteiger partial charge in [0, 0.05) is 37.6 Å². The number of benzene rings is 2. The van der Waals surface area contributed by atoms with E-state index < -0.39 is 5.97 Å². The van der Waals surface area contributed by atoms with Gasteiger partial charge >= 0.3 is 5.97 Å². The van der Waals surface area contributed by atoms with Crippen LogP contribution in [0.5, 0.6) is 0 Å². The number of carbonyl (C=O) groups is 1. The highest BCUT2D eigenvalue weighted by Crippen LogP contribution is 2.25. The highest BCUT2D eigenvalue weighted by molar-refractivity contribution is 5.95. The average Bonchev–Trinajstić information content (AvgIpc) is 2.56. The van der Waals surface area contributed by atoms with Gasteiger partial charge < -0.3 is 20.6 Å². The van der Waals surface area contributed by atoms with Gasteiger partial charge in [0.25, 0.3) is 0 Å². The highest BCUT2D eigenvalue weighted by atomic mass is 16.4. The number of aromatic carboxylic acids is 1. The molecule has 0 amide bonds. The molecule has 114 valence electrons. The van der Waals surface area contributed by atoms with Crippen molar-refractivity contribution < 1.29 is 9.90 Å². The first kappa shape index (κ1) is 14.3. The van der Waals surface area contributed by atoms with Gasteiger partial charge in [0.2, 0.25) is 0 Å². The topological polar surface area (TPSA) is 69.8 Å². The molecule has 1 saturated heterocycles. The van der Waals surface area contributed by atoms with Gasteiger partial charge in [-0.25, -0.2) is 4.79 Å². The van der Waals surface area contributed by atoms with E-state index in [1.54, 1.807) is 12.1 Å². The lowest BCUT2D eigenvalue weighted by Crippen LogP contribution is -2.47. The van der Waals surface area contributed by atoms with E-state index in [-0.39, 0.29) is 5.56 Å². The summed E-state index contributed by atoms with van der Waals surface area (Å²) in [7, 11) is 0. The molecule has 2 aromatic carbocycles. The van der Waals surface area contributed by atoms with Crippen molar-refractivity contribution in [3.8, 4) is 0 Å². The third-order valence-electron chi connectivity index (χ3n) is 3.99. The van der Waals surface area contributed by atoms with E-state index >= 15 is 0 Å². The van der Waals surface area contributed by atoms with Crippen LogP contribution in [-0.2, 0) is 0 Å². The van der Waals surface area contributed by atoms with Crippen LogP contribution < -0.4 is 15.5 Å². The van der Waals surface area contributed by atoms with Crippen LogP contribution in [0.4, 0.5) is 17.1 Å². The fourth-order valence-corrected chi connectivity index (χ4v) is 2.85. The van der Waals surface area contributed by atoms with E-state index in [1.165, 1.54) is 11.8 Å². The van der Waals surface area contributed by atoms with Crippen LogP contribution in [0.15, 0.2) is 48.5 Å². The molecule has 2 aromatic rings. The summed E-state index contributed by atoms with van der Waals surface area (Å²) in [5.41, 5.74) is 8.40. The van der Waals surface area contributed by atoms with Crippen molar-refractivity contribution in [3.05, 3.63) is 54.1 Å². The van der Waals surface area contributed by atoms with Crippen LogP contribution in [0.1, 0.15) is 10.4 Å². The first-order chi connectivity index (χ1) is 10.6.